The van der Waals surface area contributed by atoms with Crippen LogP contribution in [0.5, 0.6) is 5.75 Å². The van der Waals surface area contributed by atoms with Crippen LogP contribution in [0.2, 0.25) is 0 Å². The Morgan fingerprint density at radius 1 is 1.36 bits per heavy atom. The summed E-state index contributed by atoms with van der Waals surface area (Å²) in [7, 11) is 1.67. The molecule has 1 N–H and O–H groups in total. The molecule has 3 saturated heterocycles. The second-order valence-corrected chi connectivity index (χ2v) is 9.29. The minimum Gasteiger partial charge on any atom is -0.497 e. The number of aliphatic hydroxyl groups is 1. The summed E-state index contributed by atoms with van der Waals surface area (Å²) in [5.74, 6) is 1.44. The minimum absolute atomic E-state index is 0.0450. The minimum atomic E-state index is -0.918. The van der Waals surface area contributed by atoms with E-state index in [1.54, 1.807) is 7.11 Å². The predicted octanol–water partition coefficient (Wildman–Crippen LogP) is 1.42. The van der Waals surface area contributed by atoms with Crippen LogP contribution in [-0.4, -0.2) is 60.6 Å². The number of anilines is 1. The first-order valence-corrected chi connectivity index (χ1v) is 10.4. The van der Waals surface area contributed by atoms with Crippen molar-refractivity contribution in [1.82, 2.24) is 4.90 Å². The quantitative estimate of drug-likeness (QED) is 0.747. The van der Waals surface area contributed by atoms with Crippen LogP contribution in [0.3, 0.4) is 0 Å². The molecule has 5 heterocycles. The summed E-state index contributed by atoms with van der Waals surface area (Å²) >= 11 is 0. The first kappa shape index (κ1) is 16.0. The number of methoxy groups -OCH3 is 1. The van der Waals surface area contributed by atoms with Crippen molar-refractivity contribution in [2.24, 2.45) is 11.8 Å². The van der Waals surface area contributed by atoms with E-state index in [0.717, 1.165) is 42.9 Å². The molecule has 6 atom stereocenters. The summed E-state index contributed by atoms with van der Waals surface area (Å²) in [5.41, 5.74) is 2.07. The molecule has 1 spiro atoms. The fourth-order valence-corrected chi connectivity index (χ4v) is 7.68. The summed E-state index contributed by atoms with van der Waals surface area (Å²) in [5, 5.41) is 12.2. The number of carbonyl (C=O) groups excluding carboxylic acids is 1. The molecule has 0 radical (unpaired) electrons. The molecule has 1 aromatic carbocycles. The molecule has 0 unspecified atom stereocenters. The maximum absolute atomic E-state index is 13.3. The van der Waals surface area contributed by atoms with Crippen LogP contribution >= 0.6 is 0 Å². The Hall–Kier alpha value is -1.89. The van der Waals surface area contributed by atoms with Crippen LogP contribution in [0, 0.1) is 11.8 Å². The SMILES string of the molecule is COc1ccc2c(c1)[C@@]13CCN4CC5=CCO[C@H]6CC(=O)N2[C@H]1[C@H]6[C@H]5C[C@]43O. The highest BCUT2D eigenvalue weighted by Gasteiger charge is 2.76. The summed E-state index contributed by atoms with van der Waals surface area (Å²) in [6.07, 6.45) is 4.19. The van der Waals surface area contributed by atoms with Crippen molar-refractivity contribution >= 4 is 11.6 Å². The van der Waals surface area contributed by atoms with Crippen LogP contribution in [0.25, 0.3) is 0 Å². The Kier molecular flexibility index (Phi) is 2.74. The Morgan fingerprint density at radius 3 is 3.11 bits per heavy atom. The lowest BCUT2D eigenvalue weighted by molar-refractivity contribution is -0.197. The molecule has 6 heteroatoms. The van der Waals surface area contributed by atoms with E-state index < -0.39 is 11.1 Å². The third kappa shape index (κ3) is 1.49. The van der Waals surface area contributed by atoms with Crippen molar-refractivity contribution in [1.29, 1.82) is 0 Å². The van der Waals surface area contributed by atoms with Crippen molar-refractivity contribution in [3.63, 3.8) is 0 Å². The smallest absolute Gasteiger partial charge is 0.229 e. The van der Waals surface area contributed by atoms with E-state index in [2.05, 4.69) is 17.0 Å². The lowest BCUT2D eigenvalue weighted by Crippen LogP contribution is -2.74. The topological polar surface area (TPSA) is 62.2 Å². The molecule has 2 bridgehead atoms. The molecule has 146 valence electrons. The van der Waals surface area contributed by atoms with Gasteiger partial charge < -0.3 is 19.5 Å². The zero-order valence-corrected chi connectivity index (χ0v) is 15.9. The van der Waals surface area contributed by atoms with Gasteiger partial charge in [0.25, 0.3) is 0 Å². The molecule has 6 nitrogen and oxygen atoms in total. The monoisotopic (exact) mass is 380 g/mol. The molecule has 4 fully saturated rings. The third-order valence-electron chi connectivity index (χ3n) is 8.65. The molecule has 1 aromatic rings. The van der Waals surface area contributed by atoms with Gasteiger partial charge >= 0.3 is 0 Å². The molecular formula is C22H24N2O4. The number of hydrogen-bond donors (Lipinski definition) is 1. The number of fused-ring (bicyclic) bond motifs is 2. The van der Waals surface area contributed by atoms with Crippen molar-refractivity contribution in [3.8, 4) is 5.75 Å². The first-order chi connectivity index (χ1) is 13.6. The normalized spacial score (nSPS) is 44.9. The number of ether oxygens (including phenoxy) is 2. The molecule has 0 aromatic heterocycles. The van der Waals surface area contributed by atoms with Crippen molar-refractivity contribution < 1.29 is 19.4 Å². The molecule has 5 aliphatic heterocycles. The number of benzene rings is 1. The highest BCUT2D eigenvalue weighted by Crippen LogP contribution is 2.69. The maximum Gasteiger partial charge on any atom is 0.229 e. The summed E-state index contributed by atoms with van der Waals surface area (Å²) in [4.78, 5) is 17.6. The van der Waals surface area contributed by atoms with Crippen LogP contribution in [0.4, 0.5) is 5.69 Å². The van der Waals surface area contributed by atoms with Crippen LogP contribution in [0.15, 0.2) is 29.8 Å². The first-order valence-electron chi connectivity index (χ1n) is 10.4. The van der Waals surface area contributed by atoms with E-state index in [4.69, 9.17) is 9.47 Å². The standard InChI is InChI=1S/C22H24N2O4/c1-27-13-2-3-16-15(8-13)21-5-6-23-11-12-4-7-28-17-9-18(25)24(16)20(21)19(17)14(12)10-22(21,23)26/h2-4,8,14,17,19-20,26H,5-7,9-11H2,1H3/t14-,17-,19-,20-,21-,22+/m0/s1. The van der Waals surface area contributed by atoms with Gasteiger partial charge in [0.15, 0.2) is 0 Å². The van der Waals surface area contributed by atoms with Crippen molar-refractivity contribution in [3.05, 3.63) is 35.4 Å². The van der Waals surface area contributed by atoms with Gasteiger partial charge in [0.05, 0.1) is 37.7 Å². The number of piperidine rings is 2. The van der Waals surface area contributed by atoms with Gasteiger partial charge in [0.2, 0.25) is 5.91 Å². The Labute approximate surface area is 163 Å². The lowest BCUT2D eigenvalue weighted by Gasteiger charge is -2.62. The van der Waals surface area contributed by atoms with E-state index in [9.17, 15) is 9.90 Å². The third-order valence-corrected chi connectivity index (χ3v) is 8.65. The number of carbonyl (C=O) groups is 1. The molecule has 1 amide bonds. The van der Waals surface area contributed by atoms with E-state index in [-0.39, 0.29) is 29.9 Å². The average Bonchev–Trinajstić information content (AvgIpc) is 3.11. The summed E-state index contributed by atoms with van der Waals surface area (Å²) < 4.78 is 11.8. The highest BCUT2D eigenvalue weighted by atomic mass is 16.5. The van der Waals surface area contributed by atoms with Crippen LogP contribution in [-0.2, 0) is 14.9 Å². The maximum atomic E-state index is 13.3. The van der Waals surface area contributed by atoms with Crippen LogP contribution < -0.4 is 9.64 Å². The van der Waals surface area contributed by atoms with Gasteiger partial charge in [-0.3, -0.25) is 9.69 Å². The Bertz CT molecular complexity index is 960. The number of rotatable bonds is 1. The second kappa shape index (κ2) is 4.81. The van der Waals surface area contributed by atoms with Crippen molar-refractivity contribution in [2.45, 2.75) is 42.5 Å². The fraction of sp³-hybridized carbons (Fsp3) is 0.591. The molecule has 28 heavy (non-hydrogen) atoms. The molecule has 7 rings (SSSR count). The van der Waals surface area contributed by atoms with Gasteiger partial charge in [0.1, 0.15) is 11.5 Å². The average molecular weight is 380 g/mol. The van der Waals surface area contributed by atoms with Crippen LogP contribution in [0.1, 0.15) is 24.8 Å². The number of hydrogen-bond acceptors (Lipinski definition) is 5. The lowest BCUT2D eigenvalue weighted by atomic mass is 9.52. The van der Waals surface area contributed by atoms with Gasteiger partial charge in [-0.05, 0) is 42.5 Å². The van der Waals surface area contributed by atoms with Crippen molar-refractivity contribution in [2.75, 3.05) is 31.7 Å². The summed E-state index contributed by atoms with van der Waals surface area (Å²) in [6.45, 7) is 2.25. The van der Waals surface area contributed by atoms with E-state index in [0.29, 0.717) is 13.0 Å². The van der Waals surface area contributed by atoms with Gasteiger partial charge in [-0.25, -0.2) is 0 Å². The largest absolute Gasteiger partial charge is 0.497 e. The predicted molar refractivity (Wildman–Crippen MR) is 101 cm³/mol. The molecule has 6 aliphatic rings. The highest BCUT2D eigenvalue weighted by molar-refractivity contribution is 5.99. The van der Waals surface area contributed by atoms with Gasteiger partial charge in [-0.15, -0.1) is 0 Å². The number of amides is 1. The van der Waals surface area contributed by atoms with E-state index in [1.807, 2.05) is 17.0 Å². The number of nitrogens with zero attached hydrogens (tertiary/aromatic N) is 2. The zero-order chi connectivity index (χ0) is 18.8. The van der Waals surface area contributed by atoms with E-state index in [1.165, 1.54) is 5.57 Å². The molecule has 1 aliphatic carbocycles. The van der Waals surface area contributed by atoms with Gasteiger partial charge in [-0.1, -0.05) is 11.6 Å². The fourth-order valence-electron chi connectivity index (χ4n) is 7.68. The molecule has 1 saturated carbocycles. The van der Waals surface area contributed by atoms with E-state index >= 15 is 0 Å². The Morgan fingerprint density at radius 2 is 2.25 bits per heavy atom. The second-order valence-electron chi connectivity index (χ2n) is 9.29. The summed E-state index contributed by atoms with van der Waals surface area (Å²) in [6, 6.07) is 5.98. The molecular weight excluding hydrogens is 356 g/mol. The van der Waals surface area contributed by atoms with Gasteiger partial charge in [-0.2, -0.15) is 0 Å². The Balaban J connectivity index is 1.56. The van der Waals surface area contributed by atoms with Gasteiger partial charge in [0, 0.05) is 24.7 Å². The zero-order valence-electron chi connectivity index (χ0n) is 15.9.